The van der Waals surface area contributed by atoms with Gasteiger partial charge in [-0.25, -0.2) is 0 Å². The van der Waals surface area contributed by atoms with Crippen molar-refractivity contribution in [3.8, 4) is 0 Å². The molecule has 1 nitrogen and oxygen atoms in total. The summed E-state index contributed by atoms with van der Waals surface area (Å²) >= 11 is 0. The highest BCUT2D eigenvalue weighted by molar-refractivity contribution is 5.34. The summed E-state index contributed by atoms with van der Waals surface area (Å²) in [6.07, 6.45) is 8.06. The predicted octanol–water partition coefficient (Wildman–Crippen LogP) is 4.05. The Hall–Kier alpha value is -0.980. The molecule has 2 aliphatic rings. The molecule has 1 aromatic rings. The Morgan fingerprint density at radius 2 is 2.31 bits per heavy atom. The van der Waals surface area contributed by atoms with Crippen LogP contribution in [0.4, 0.5) is 0 Å². The lowest BCUT2D eigenvalue weighted by atomic mass is 9.59. The van der Waals surface area contributed by atoms with Crippen LogP contribution in [-0.2, 0) is 12.8 Å². The lowest BCUT2D eigenvalue weighted by Crippen LogP contribution is -2.38. The molecule has 0 spiro atoms. The van der Waals surface area contributed by atoms with Crippen molar-refractivity contribution in [2.75, 3.05) is 0 Å². The number of hydrogen-bond acceptors (Lipinski definition) is 1. The molecule has 3 rings (SSSR count). The van der Waals surface area contributed by atoms with Crippen LogP contribution in [0, 0.1) is 18.3 Å². The number of hydrogen-bond donors (Lipinski definition) is 0. The molecule has 0 amide bonds. The summed E-state index contributed by atoms with van der Waals surface area (Å²) in [5.74, 6) is 1.93. The maximum absolute atomic E-state index is 5.71. The summed E-state index contributed by atoms with van der Waals surface area (Å²) in [6.45, 7) is 8.88. The second-order valence-corrected chi connectivity index (χ2v) is 5.92. The van der Waals surface area contributed by atoms with Crippen molar-refractivity contribution in [3.63, 3.8) is 0 Å². The van der Waals surface area contributed by atoms with Crippen molar-refractivity contribution in [2.24, 2.45) is 11.3 Å². The maximum Gasteiger partial charge on any atom is 0.107 e. The van der Waals surface area contributed by atoms with E-state index in [0.29, 0.717) is 11.3 Å². The third kappa shape index (κ3) is 1.30. The molecule has 0 bridgehead atoms. The monoisotopic (exact) mass is 216 g/mol. The molecule has 2 aliphatic carbocycles. The Bertz CT molecular complexity index is 440. The van der Waals surface area contributed by atoms with Crippen LogP contribution in [0.25, 0.3) is 0 Å². The van der Waals surface area contributed by atoms with Gasteiger partial charge in [0.15, 0.2) is 0 Å². The van der Waals surface area contributed by atoms with Crippen molar-refractivity contribution in [1.29, 1.82) is 0 Å². The second-order valence-electron chi connectivity index (χ2n) is 5.92. The van der Waals surface area contributed by atoms with Crippen LogP contribution in [0.15, 0.2) is 22.8 Å². The van der Waals surface area contributed by atoms with E-state index in [1.165, 1.54) is 41.7 Å². The van der Waals surface area contributed by atoms with E-state index < -0.39 is 0 Å². The summed E-state index contributed by atoms with van der Waals surface area (Å²) < 4.78 is 5.71. The van der Waals surface area contributed by atoms with Gasteiger partial charge in [-0.1, -0.05) is 19.1 Å². The van der Waals surface area contributed by atoms with E-state index in [0.717, 1.165) is 12.8 Å². The van der Waals surface area contributed by atoms with Crippen molar-refractivity contribution < 1.29 is 4.42 Å². The Morgan fingerprint density at radius 1 is 1.50 bits per heavy atom. The highest BCUT2D eigenvalue weighted by Crippen LogP contribution is 2.51. The van der Waals surface area contributed by atoms with E-state index in [9.17, 15) is 0 Å². The molecule has 0 radical (unpaired) electrons. The third-order valence-corrected chi connectivity index (χ3v) is 4.74. The lowest BCUT2D eigenvalue weighted by Gasteiger charge is -2.45. The minimum absolute atomic E-state index is 0.409. The number of rotatable bonds is 0. The van der Waals surface area contributed by atoms with E-state index in [4.69, 9.17) is 4.42 Å². The molecule has 1 heteroatoms. The molecule has 1 aromatic heterocycles. The average Bonchev–Trinajstić information content (AvgIpc) is 2.57. The van der Waals surface area contributed by atoms with E-state index in [2.05, 4.69) is 20.4 Å². The van der Waals surface area contributed by atoms with Crippen molar-refractivity contribution >= 4 is 0 Å². The summed E-state index contributed by atoms with van der Waals surface area (Å²) in [5, 5.41) is 0. The molecule has 16 heavy (non-hydrogen) atoms. The number of fused-ring (bicyclic) bond motifs is 2. The lowest BCUT2D eigenvalue weighted by molar-refractivity contribution is 0.138. The largest absolute Gasteiger partial charge is 0.469 e. The van der Waals surface area contributed by atoms with Crippen molar-refractivity contribution in [2.45, 2.75) is 46.0 Å². The van der Waals surface area contributed by atoms with E-state index in [1.807, 2.05) is 6.26 Å². The van der Waals surface area contributed by atoms with Gasteiger partial charge >= 0.3 is 0 Å². The first-order chi connectivity index (χ1) is 7.60. The van der Waals surface area contributed by atoms with Gasteiger partial charge in [-0.2, -0.15) is 0 Å². The number of allylic oxidation sites excluding steroid dienone is 1. The van der Waals surface area contributed by atoms with Crippen LogP contribution in [0.2, 0.25) is 0 Å². The zero-order valence-electron chi connectivity index (χ0n) is 10.3. The minimum Gasteiger partial charge on any atom is -0.469 e. The fraction of sp³-hybridized carbons (Fsp3) is 0.600. The van der Waals surface area contributed by atoms with E-state index >= 15 is 0 Å². The standard InChI is InChI=1S/C15H20O/c1-10-5-4-6-15(3)8-14-12(7-13(10)15)11(2)9-16-14/h9,13H,1,4-8H2,2-3H3/t13-,15-/m1/s1. The Morgan fingerprint density at radius 3 is 3.12 bits per heavy atom. The number of furan rings is 1. The fourth-order valence-corrected chi connectivity index (χ4v) is 3.68. The van der Waals surface area contributed by atoms with Crippen molar-refractivity contribution in [1.82, 2.24) is 0 Å². The van der Waals surface area contributed by atoms with Gasteiger partial charge in [-0.15, -0.1) is 0 Å². The van der Waals surface area contributed by atoms with Gasteiger partial charge in [0.1, 0.15) is 5.76 Å². The molecule has 1 fully saturated rings. The molecule has 1 saturated carbocycles. The molecule has 0 N–H and O–H groups in total. The summed E-state index contributed by atoms with van der Waals surface area (Å²) in [5.41, 5.74) is 4.67. The zero-order valence-corrected chi connectivity index (χ0v) is 10.3. The molecule has 86 valence electrons. The topological polar surface area (TPSA) is 13.1 Å². The maximum atomic E-state index is 5.71. The highest BCUT2D eigenvalue weighted by atomic mass is 16.3. The highest BCUT2D eigenvalue weighted by Gasteiger charge is 2.43. The minimum atomic E-state index is 0.409. The van der Waals surface area contributed by atoms with Gasteiger partial charge < -0.3 is 4.42 Å². The summed E-state index contributed by atoms with van der Waals surface area (Å²) in [7, 11) is 0. The summed E-state index contributed by atoms with van der Waals surface area (Å²) in [4.78, 5) is 0. The molecule has 2 atom stereocenters. The Labute approximate surface area is 97.5 Å². The van der Waals surface area contributed by atoms with Gasteiger partial charge in [0, 0.05) is 6.42 Å². The predicted molar refractivity (Wildman–Crippen MR) is 65.4 cm³/mol. The van der Waals surface area contributed by atoms with Crippen LogP contribution >= 0.6 is 0 Å². The fourth-order valence-electron chi connectivity index (χ4n) is 3.68. The quantitative estimate of drug-likeness (QED) is 0.596. The normalized spacial score (nSPS) is 33.4. The third-order valence-electron chi connectivity index (χ3n) is 4.74. The smallest absolute Gasteiger partial charge is 0.107 e. The second kappa shape index (κ2) is 3.26. The van der Waals surface area contributed by atoms with E-state index in [-0.39, 0.29) is 0 Å². The van der Waals surface area contributed by atoms with Gasteiger partial charge in [-0.3, -0.25) is 0 Å². The van der Waals surface area contributed by atoms with Crippen molar-refractivity contribution in [3.05, 3.63) is 35.3 Å². The van der Waals surface area contributed by atoms with Gasteiger partial charge in [-0.05, 0) is 55.1 Å². The van der Waals surface area contributed by atoms with Crippen LogP contribution in [0.3, 0.4) is 0 Å². The first-order valence-electron chi connectivity index (χ1n) is 6.34. The van der Waals surface area contributed by atoms with E-state index in [1.54, 1.807) is 0 Å². The molecule has 0 aliphatic heterocycles. The Kier molecular flexibility index (Phi) is 2.07. The van der Waals surface area contributed by atoms with Crippen LogP contribution in [0.1, 0.15) is 43.1 Å². The molecular formula is C15H20O. The zero-order chi connectivity index (χ0) is 11.3. The molecule has 0 aromatic carbocycles. The summed E-state index contributed by atoms with van der Waals surface area (Å²) in [6, 6.07) is 0. The van der Waals surface area contributed by atoms with Gasteiger partial charge in [0.2, 0.25) is 0 Å². The van der Waals surface area contributed by atoms with Gasteiger partial charge in [0.05, 0.1) is 6.26 Å². The SMILES string of the molecule is C=C1CCC[C@]2(C)Cc3occ(C)c3C[C@H]12. The first-order valence-corrected chi connectivity index (χ1v) is 6.34. The van der Waals surface area contributed by atoms with Crippen LogP contribution in [-0.4, -0.2) is 0 Å². The average molecular weight is 216 g/mol. The number of aryl methyl sites for hydroxylation is 1. The molecule has 0 unspecified atom stereocenters. The Balaban J connectivity index is 2.04. The van der Waals surface area contributed by atoms with Crippen LogP contribution < -0.4 is 0 Å². The first kappa shape index (κ1) is 10.2. The van der Waals surface area contributed by atoms with Crippen LogP contribution in [0.5, 0.6) is 0 Å². The van der Waals surface area contributed by atoms with Gasteiger partial charge in [0.25, 0.3) is 0 Å². The molecule has 0 saturated heterocycles. The molecular weight excluding hydrogens is 196 g/mol. The molecule has 1 heterocycles.